The quantitative estimate of drug-likeness (QED) is 0.842. The fourth-order valence-electron chi connectivity index (χ4n) is 2.96. The van der Waals surface area contributed by atoms with Gasteiger partial charge in [0.25, 0.3) is 0 Å². The first kappa shape index (κ1) is 16.8. The number of thiazole rings is 1. The van der Waals surface area contributed by atoms with Crippen molar-refractivity contribution in [3.05, 3.63) is 34.8 Å². The molecule has 1 fully saturated rings. The van der Waals surface area contributed by atoms with Crippen LogP contribution in [0.5, 0.6) is 0 Å². The van der Waals surface area contributed by atoms with Crippen LogP contribution < -0.4 is 10.2 Å². The van der Waals surface area contributed by atoms with Gasteiger partial charge in [-0.2, -0.15) is 0 Å². The van der Waals surface area contributed by atoms with Crippen LogP contribution in [0.2, 0.25) is 0 Å². The molecule has 0 atom stereocenters. The molecule has 2 heterocycles. The van der Waals surface area contributed by atoms with E-state index in [1.54, 1.807) is 0 Å². The summed E-state index contributed by atoms with van der Waals surface area (Å²) in [5.41, 5.74) is 2.80. The van der Waals surface area contributed by atoms with Crippen molar-refractivity contribution in [3.63, 3.8) is 0 Å². The summed E-state index contributed by atoms with van der Waals surface area (Å²) in [6.45, 7) is 6.46. The number of hydrogen-bond donors (Lipinski definition) is 2. The fraction of sp³-hybridized carbons (Fsp3) is 0.444. The summed E-state index contributed by atoms with van der Waals surface area (Å²) in [5, 5.41) is 13.1. The topological polar surface area (TPSA) is 65.5 Å². The molecule has 2 aromatic rings. The molecule has 0 radical (unpaired) electrons. The number of nitrogens with one attached hydrogen (secondary N) is 1. The number of carbonyl (C=O) groups is 1. The maximum atomic E-state index is 11.2. The molecule has 6 heteroatoms. The molecular formula is C18H23N3O2S. The van der Waals surface area contributed by atoms with E-state index in [-0.39, 0.29) is 0 Å². The number of rotatable bonds is 5. The van der Waals surface area contributed by atoms with Gasteiger partial charge in [-0.05, 0) is 49.4 Å². The highest BCUT2D eigenvalue weighted by Gasteiger charge is 2.17. The van der Waals surface area contributed by atoms with E-state index in [0.717, 1.165) is 24.7 Å². The maximum absolute atomic E-state index is 11.2. The van der Waals surface area contributed by atoms with Crippen molar-refractivity contribution < 1.29 is 9.90 Å². The molecule has 2 N–H and O–H groups in total. The first-order valence-corrected chi connectivity index (χ1v) is 9.23. The lowest BCUT2D eigenvalue weighted by atomic mass is 9.99. The molecular weight excluding hydrogens is 322 g/mol. The smallest absolute Gasteiger partial charge is 0.347 e. The number of hydrogen-bond acceptors (Lipinski definition) is 5. The average Bonchev–Trinajstić information content (AvgIpc) is 3.00. The molecule has 0 aliphatic carbocycles. The summed E-state index contributed by atoms with van der Waals surface area (Å²) in [6, 6.07) is 8.29. The number of aromatic nitrogens is 1. The molecule has 3 rings (SSSR count). The lowest BCUT2D eigenvalue weighted by molar-refractivity contribution is 0.0701. The number of nitrogens with zero attached hydrogens (tertiary/aromatic N) is 2. The molecule has 1 saturated heterocycles. The highest BCUT2D eigenvalue weighted by molar-refractivity contribution is 7.17. The van der Waals surface area contributed by atoms with E-state index >= 15 is 0 Å². The molecule has 128 valence electrons. The second kappa shape index (κ2) is 7.21. The summed E-state index contributed by atoms with van der Waals surface area (Å²) in [5.74, 6) is -0.0876. The number of aromatic carboxylic acids is 1. The second-order valence-corrected chi connectivity index (χ2v) is 7.29. The SMILES string of the molecule is CCc1nc(Nc2ccc(N3CCC(C)CC3)cc2)sc1C(=O)O. The Morgan fingerprint density at radius 3 is 2.54 bits per heavy atom. The molecule has 1 aromatic carbocycles. The van der Waals surface area contributed by atoms with E-state index in [9.17, 15) is 9.90 Å². The average molecular weight is 345 g/mol. The van der Waals surface area contributed by atoms with Crippen LogP contribution in [0.25, 0.3) is 0 Å². The zero-order valence-corrected chi connectivity index (χ0v) is 14.9. The minimum atomic E-state index is -0.910. The number of carboxylic acid groups (broad SMARTS) is 1. The van der Waals surface area contributed by atoms with Crippen LogP contribution in [0.1, 0.15) is 42.1 Å². The van der Waals surface area contributed by atoms with Gasteiger partial charge in [0.2, 0.25) is 0 Å². The minimum Gasteiger partial charge on any atom is -0.477 e. The zero-order chi connectivity index (χ0) is 17.1. The summed E-state index contributed by atoms with van der Waals surface area (Å²) < 4.78 is 0. The van der Waals surface area contributed by atoms with E-state index in [1.807, 2.05) is 19.1 Å². The highest BCUT2D eigenvalue weighted by Crippen LogP contribution is 2.28. The third-order valence-electron chi connectivity index (χ3n) is 4.49. The van der Waals surface area contributed by atoms with Gasteiger partial charge in [0.1, 0.15) is 4.88 Å². The van der Waals surface area contributed by atoms with Crippen LogP contribution in [-0.4, -0.2) is 29.1 Å². The van der Waals surface area contributed by atoms with Crippen LogP contribution in [0.3, 0.4) is 0 Å². The zero-order valence-electron chi connectivity index (χ0n) is 14.1. The van der Waals surface area contributed by atoms with E-state index in [1.165, 1.54) is 29.9 Å². The van der Waals surface area contributed by atoms with Crippen molar-refractivity contribution in [2.75, 3.05) is 23.3 Å². The van der Waals surface area contributed by atoms with Gasteiger partial charge in [0.15, 0.2) is 5.13 Å². The predicted molar refractivity (Wildman–Crippen MR) is 98.8 cm³/mol. The molecule has 0 spiro atoms. The van der Waals surface area contributed by atoms with Crippen molar-refractivity contribution in [1.82, 2.24) is 4.98 Å². The van der Waals surface area contributed by atoms with Crippen LogP contribution in [0.4, 0.5) is 16.5 Å². The monoisotopic (exact) mass is 345 g/mol. The lowest BCUT2D eigenvalue weighted by Crippen LogP contribution is -2.32. The first-order valence-electron chi connectivity index (χ1n) is 8.42. The summed E-state index contributed by atoms with van der Waals surface area (Å²) >= 11 is 1.19. The normalized spacial score (nSPS) is 15.5. The van der Waals surface area contributed by atoms with Gasteiger partial charge in [-0.15, -0.1) is 0 Å². The van der Waals surface area contributed by atoms with Gasteiger partial charge in [-0.1, -0.05) is 25.2 Å². The van der Waals surface area contributed by atoms with Crippen LogP contribution in [0, 0.1) is 5.92 Å². The maximum Gasteiger partial charge on any atom is 0.347 e. The van der Waals surface area contributed by atoms with Gasteiger partial charge in [0, 0.05) is 24.5 Å². The number of anilines is 3. The van der Waals surface area contributed by atoms with Gasteiger partial charge in [0.05, 0.1) is 5.69 Å². The van der Waals surface area contributed by atoms with Crippen LogP contribution >= 0.6 is 11.3 Å². The van der Waals surface area contributed by atoms with Gasteiger partial charge in [-0.3, -0.25) is 0 Å². The number of carboxylic acids is 1. The Hall–Kier alpha value is -2.08. The van der Waals surface area contributed by atoms with Gasteiger partial charge < -0.3 is 15.3 Å². The molecule has 1 aliphatic rings. The first-order chi connectivity index (χ1) is 11.6. The molecule has 0 amide bonds. The number of piperidine rings is 1. The van der Waals surface area contributed by atoms with E-state index in [0.29, 0.717) is 22.1 Å². The Kier molecular flexibility index (Phi) is 5.04. The van der Waals surface area contributed by atoms with Gasteiger partial charge >= 0.3 is 5.97 Å². The van der Waals surface area contributed by atoms with Crippen molar-refractivity contribution >= 4 is 33.8 Å². The third kappa shape index (κ3) is 3.70. The standard InChI is InChI=1S/C18H23N3O2S/c1-3-15-16(17(22)23)24-18(20-15)19-13-4-6-14(7-5-13)21-10-8-12(2)9-11-21/h4-7,12H,3,8-11H2,1-2H3,(H,19,20)(H,22,23). The van der Waals surface area contributed by atoms with Crippen molar-refractivity contribution in [2.45, 2.75) is 33.1 Å². The molecule has 24 heavy (non-hydrogen) atoms. The predicted octanol–water partition coefficient (Wildman–Crippen LogP) is 4.38. The molecule has 5 nitrogen and oxygen atoms in total. The Labute approximate surface area is 146 Å². The van der Waals surface area contributed by atoms with Crippen molar-refractivity contribution in [1.29, 1.82) is 0 Å². The Morgan fingerprint density at radius 1 is 1.33 bits per heavy atom. The van der Waals surface area contributed by atoms with Crippen LogP contribution in [0.15, 0.2) is 24.3 Å². The van der Waals surface area contributed by atoms with Gasteiger partial charge in [-0.25, -0.2) is 9.78 Å². The van der Waals surface area contributed by atoms with E-state index < -0.39 is 5.97 Å². The van der Waals surface area contributed by atoms with Crippen molar-refractivity contribution in [2.24, 2.45) is 5.92 Å². The summed E-state index contributed by atoms with van der Waals surface area (Å²) in [7, 11) is 0. The third-order valence-corrected chi connectivity index (χ3v) is 5.49. The van der Waals surface area contributed by atoms with Crippen molar-refractivity contribution in [3.8, 4) is 0 Å². The molecule has 0 bridgehead atoms. The number of aryl methyl sites for hydroxylation is 1. The fourth-order valence-corrected chi connectivity index (χ4v) is 3.87. The molecule has 1 aromatic heterocycles. The second-order valence-electron chi connectivity index (χ2n) is 6.29. The van der Waals surface area contributed by atoms with E-state index in [4.69, 9.17) is 0 Å². The Bertz CT molecular complexity index is 704. The lowest BCUT2D eigenvalue weighted by Gasteiger charge is -2.32. The Morgan fingerprint density at radius 2 is 2.00 bits per heavy atom. The Balaban J connectivity index is 1.69. The molecule has 1 aliphatic heterocycles. The number of benzene rings is 1. The summed E-state index contributed by atoms with van der Waals surface area (Å²) in [4.78, 5) is 18.3. The largest absolute Gasteiger partial charge is 0.477 e. The van der Waals surface area contributed by atoms with E-state index in [2.05, 4.69) is 34.3 Å². The summed E-state index contributed by atoms with van der Waals surface area (Å²) in [6.07, 6.45) is 3.11. The highest BCUT2D eigenvalue weighted by atomic mass is 32.1. The van der Waals surface area contributed by atoms with Crippen LogP contribution in [-0.2, 0) is 6.42 Å². The molecule has 0 unspecified atom stereocenters. The minimum absolute atomic E-state index is 0.319. The molecule has 0 saturated carbocycles.